The van der Waals surface area contributed by atoms with E-state index in [1.165, 1.54) is 11.5 Å². The molecule has 0 saturated carbocycles. The summed E-state index contributed by atoms with van der Waals surface area (Å²) < 4.78 is 3.91. The number of hydrogen-bond acceptors (Lipinski definition) is 4. The number of nitrogens with one attached hydrogen (secondary N) is 1. The van der Waals surface area contributed by atoms with E-state index in [2.05, 4.69) is 28.4 Å². The number of allylic oxidation sites excluding steroid dienone is 1. The fraction of sp³-hybridized carbons (Fsp3) is 0.636. The molecule has 1 unspecified atom stereocenters. The number of hydrogen-bond donors (Lipinski definition) is 1. The van der Waals surface area contributed by atoms with E-state index in [1.807, 2.05) is 11.5 Å². The lowest BCUT2D eigenvalue weighted by atomic mass is 10.1. The van der Waals surface area contributed by atoms with E-state index < -0.39 is 0 Å². The first-order valence-electron chi connectivity index (χ1n) is 5.49. The molecule has 1 rings (SSSR count). The van der Waals surface area contributed by atoms with E-state index in [0.717, 1.165) is 37.9 Å². The fourth-order valence-electron chi connectivity index (χ4n) is 1.46. The summed E-state index contributed by atoms with van der Waals surface area (Å²) >= 11 is 1.42. The summed E-state index contributed by atoms with van der Waals surface area (Å²) in [5.41, 5.74) is 1.08. The zero-order chi connectivity index (χ0) is 10.9. The van der Waals surface area contributed by atoms with Crippen molar-refractivity contribution in [3.63, 3.8) is 0 Å². The van der Waals surface area contributed by atoms with Gasteiger partial charge in [-0.2, -0.15) is 0 Å². The van der Waals surface area contributed by atoms with E-state index >= 15 is 0 Å². The lowest BCUT2D eigenvalue weighted by molar-refractivity contribution is 0.476. The van der Waals surface area contributed by atoms with Crippen LogP contribution in [0.2, 0.25) is 0 Å². The number of rotatable bonds is 8. The third kappa shape index (κ3) is 4.53. The van der Waals surface area contributed by atoms with Crippen molar-refractivity contribution in [3.05, 3.63) is 23.7 Å². The Balaban J connectivity index is 2.42. The van der Waals surface area contributed by atoms with Gasteiger partial charge in [-0.3, -0.25) is 0 Å². The van der Waals surface area contributed by atoms with E-state index in [4.69, 9.17) is 0 Å². The molecule has 0 saturated heterocycles. The van der Waals surface area contributed by atoms with Crippen LogP contribution >= 0.6 is 11.5 Å². The summed E-state index contributed by atoms with van der Waals surface area (Å²) in [5.74, 6) is 0. The Hall–Kier alpha value is -0.740. The van der Waals surface area contributed by atoms with Crippen molar-refractivity contribution in [2.75, 3.05) is 6.54 Å². The minimum Gasteiger partial charge on any atom is -0.309 e. The van der Waals surface area contributed by atoms with Crippen molar-refractivity contribution >= 4 is 11.5 Å². The van der Waals surface area contributed by atoms with E-state index in [9.17, 15) is 0 Å². The van der Waals surface area contributed by atoms with E-state index in [-0.39, 0.29) is 0 Å². The summed E-state index contributed by atoms with van der Waals surface area (Å²) in [6.45, 7) is 6.95. The molecule has 0 aliphatic heterocycles. The molecule has 15 heavy (non-hydrogen) atoms. The maximum absolute atomic E-state index is 4.13. The Morgan fingerprint density at radius 2 is 2.53 bits per heavy atom. The van der Waals surface area contributed by atoms with Crippen LogP contribution < -0.4 is 5.32 Å². The fourth-order valence-corrected chi connectivity index (χ4v) is 1.97. The van der Waals surface area contributed by atoms with Crippen LogP contribution in [-0.4, -0.2) is 16.1 Å². The molecule has 4 heteroatoms. The number of aromatic nitrogens is 2. The monoisotopic (exact) mass is 225 g/mol. The lowest BCUT2D eigenvalue weighted by Crippen LogP contribution is -2.22. The second-order valence-electron chi connectivity index (χ2n) is 3.56. The zero-order valence-corrected chi connectivity index (χ0v) is 10.1. The van der Waals surface area contributed by atoms with Gasteiger partial charge in [-0.25, -0.2) is 0 Å². The van der Waals surface area contributed by atoms with Gasteiger partial charge < -0.3 is 5.32 Å². The third-order valence-corrected chi connectivity index (χ3v) is 2.80. The van der Waals surface area contributed by atoms with Crippen molar-refractivity contribution in [2.24, 2.45) is 0 Å². The Kier molecular flexibility index (Phi) is 6.20. The van der Waals surface area contributed by atoms with Crippen molar-refractivity contribution < 1.29 is 0 Å². The summed E-state index contributed by atoms with van der Waals surface area (Å²) in [6, 6.07) is 0.364. The van der Waals surface area contributed by atoms with Crippen LogP contribution in [0.15, 0.2) is 18.0 Å². The van der Waals surface area contributed by atoms with Crippen LogP contribution in [0.25, 0.3) is 0 Å². The summed E-state index contributed by atoms with van der Waals surface area (Å²) in [6.07, 6.45) is 6.45. The highest BCUT2D eigenvalue weighted by Gasteiger charge is 2.12. The van der Waals surface area contributed by atoms with E-state index in [0.29, 0.717) is 6.04 Å². The largest absolute Gasteiger partial charge is 0.309 e. The maximum atomic E-state index is 4.13. The molecule has 0 aliphatic rings. The predicted molar refractivity (Wildman–Crippen MR) is 65.0 cm³/mol. The molecule has 1 aromatic rings. The molecule has 1 atom stereocenters. The van der Waals surface area contributed by atoms with Crippen molar-refractivity contribution in [1.82, 2.24) is 14.9 Å². The Morgan fingerprint density at radius 1 is 1.67 bits per heavy atom. The van der Waals surface area contributed by atoms with Gasteiger partial charge in [0.2, 0.25) is 0 Å². The van der Waals surface area contributed by atoms with Crippen LogP contribution in [0.1, 0.15) is 44.3 Å². The third-order valence-electron chi connectivity index (χ3n) is 2.28. The maximum Gasteiger partial charge on any atom is 0.0924 e. The molecular formula is C11H19N3S. The predicted octanol–water partition coefficient (Wildman–Crippen LogP) is 2.94. The normalized spacial score (nSPS) is 12.6. The molecule has 0 aliphatic carbocycles. The summed E-state index contributed by atoms with van der Waals surface area (Å²) in [4.78, 5) is 0. The molecule has 84 valence electrons. The van der Waals surface area contributed by atoms with Crippen LogP contribution in [-0.2, 0) is 0 Å². The molecular weight excluding hydrogens is 206 g/mol. The topological polar surface area (TPSA) is 37.8 Å². The SMILES string of the molecule is C=CCCCC(NCCC)c1csnn1. The molecule has 1 aromatic heterocycles. The van der Waals surface area contributed by atoms with Crippen molar-refractivity contribution in [1.29, 1.82) is 0 Å². The van der Waals surface area contributed by atoms with Gasteiger partial charge in [0, 0.05) is 5.38 Å². The first-order chi connectivity index (χ1) is 7.38. The highest BCUT2D eigenvalue weighted by Crippen LogP contribution is 2.18. The van der Waals surface area contributed by atoms with E-state index in [1.54, 1.807) is 0 Å². The minimum absolute atomic E-state index is 0.364. The first-order valence-corrected chi connectivity index (χ1v) is 6.33. The van der Waals surface area contributed by atoms with Crippen molar-refractivity contribution in [3.8, 4) is 0 Å². The second kappa shape index (κ2) is 7.54. The molecule has 3 nitrogen and oxygen atoms in total. The second-order valence-corrected chi connectivity index (χ2v) is 4.17. The van der Waals surface area contributed by atoms with Crippen LogP contribution in [0.4, 0.5) is 0 Å². The summed E-state index contributed by atoms with van der Waals surface area (Å²) in [7, 11) is 0. The Bertz CT molecular complexity index is 259. The van der Waals surface area contributed by atoms with Gasteiger partial charge in [-0.15, -0.1) is 11.7 Å². The molecule has 0 spiro atoms. The van der Waals surface area contributed by atoms with Gasteiger partial charge in [0.15, 0.2) is 0 Å². The Labute approximate surface area is 95.8 Å². The number of nitrogens with zero attached hydrogens (tertiary/aromatic N) is 2. The van der Waals surface area contributed by atoms with Crippen molar-refractivity contribution in [2.45, 2.75) is 38.6 Å². The molecule has 0 radical (unpaired) electrons. The lowest BCUT2D eigenvalue weighted by Gasteiger charge is -2.15. The standard InChI is InChI=1S/C11H19N3S/c1-3-5-6-7-10(12-8-4-2)11-9-15-14-13-11/h3,9-10,12H,1,4-8H2,2H3. The van der Waals surface area contributed by atoms with Crippen LogP contribution in [0, 0.1) is 0 Å². The molecule has 0 amide bonds. The smallest absolute Gasteiger partial charge is 0.0924 e. The molecule has 1 heterocycles. The molecule has 0 aromatic carbocycles. The number of unbranched alkanes of at least 4 members (excludes halogenated alkanes) is 1. The summed E-state index contributed by atoms with van der Waals surface area (Å²) in [5, 5.41) is 9.66. The van der Waals surface area contributed by atoms with Gasteiger partial charge in [0.1, 0.15) is 0 Å². The average Bonchev–Trinajstić information content (AvgIpc) is 2.76. The van der Waals surface area contributed by atoms with Crippen LogP contribution in [0.5, 0.6) is 0 Å². The highest BCUT2D eigenvalue weighted by atomic mass is 32.1. The quantitative estimate of drug-likeness (QED) is 0.546. The molecule has 1 N–H and O–H groups in total. The zero-order valence-electron chi connectivity index (χ0n) is 9.28. The van der Waals surface area contributed by atoms with Gasteiger partial charge in [0.25, 0.3) is 0 Å². The average molecular weight is 225 g/mol. The Morgan fingerprint density at radius 3 is 3.13 bits per heavy atom. The van der Waals surface area contributed by atoms with Gasteiger partial charge in [-0.1, -0.05) is 17.5 Å². The first kappa shape index (κ1) is 12.3. The van der Waals surface area contributed by atoms with Gasteiger partial charge >= 0.3 is 0 Å². The highest BCUT2D eigenvalue weighted by molar-refractivity contribution is 7.03. The molecule has 0 bridgehead atoms. The molecule has 0 fully saturated rings. The van der Waals surface area contributed by atoms with Crippen LogP contribution in [0.3, 0.4) is 0 Å². The van der Waals surface area contributed by atoms with Gasteiger partial charge in [0.05, 0.1) is 11.7 Å². The van der Waals surface area contributed by atoms with Gasteiger partial charge in [-0.05, 0) is 43.8 Å². The minimum atomic E-state index is 0.364.